The van der Waals surface area contributed by atoms with Crippen molar-refractivity contribution in [1.82, 2.24) is 25.2 Å². The maximum atomic E-state index is 11.9. The Morgan fingerprint density at radius 3 is 2.78 bits per heavy atom. The first-order valence-corrected chi connectivity index (χ1v) is 5.92. The molecule has 0 unspecified atom stereocenters. The molecule has 0 aromatic carbocycles. The second kappa shape index (κ2) is 5.92. The first-order valence-electron chi connectivity index (χ1n) is 5.92. The van der Waals surface area contributed by atoms with E-state index in [2.05, 4.69) is 34.4 Å². The van der Waals surface area contributed by atoms with Gasteiger partial charge < -0.3 is 16.0 Å². The Kier molecular flexibility index (Phi) is 4.80. The molecule has 7 heteroatoms. The van der Waals surface area contributed by atoms with Crippen LogP contribution in [0.25, 0.3) is 0 Å². The molecule has 1 aromatic heterocycles. The third-order valence-electron chi connectivity index (χ3n) is 3.02. The van der Waals surface area contributed by atoms with Crippen LogP contribution in [0.15, 0.2) is 6.20 Å². The van der Waals surface area contributed by atoms with Crippen molar-refractivity contribution in [3.8, 4) is 0 Å². The summed E-state index contributed by atoms with van der Waals surface area (Å²) in [6.07, 6.45) is 1.60. The second-order valence-corrected chi connectivity index (χ2v) is 5.05. The maximum absolute atomic E-state index is 11.9. The molecule has 0 aliphatic rings. The van der Waals surface area contributed by atoms with E-state index in [-0.39, 0.29) is 11.4 Å². The van der Waals surface area contributed by atoms with Crippen LogP contribution in [0.2, 0.25) is 0 Å². The van der Waals surface area contributed by atoms with Crippen molar-refractivity contribution in [3.63, 3.8) is 0 Å². The molecule has 0 saturated carbocycles. The van der Waals surface area contributed by atoms with Crippen LogP contribution >= 0.6 is 0 Å². The first kappa shape index (κ1) is 14.6. The summed E-state index contributed by atoms with van der Waals surface area (Å²) in [6, 6.07) is 0. The van der Waals surface area contributed by atoms with Gasteiger partial charge in [-0.1, -0.05) is 5.21 Å². The highest BCUT2D eigenvalue weighted by molar-refractivity contribution is 5.91. The first-order chi connectivity index (χ1) is 8.36. The SMILES string of the molecule is CN(C)C(C)(C)CNC(=O)c1cn(CCN)nn1. The molecule has 0 aliphatic carbocycles. The summed E-state index contributed by atoms with van der Waals surface area (Å²) in [5.74, 6) is -0.215. The number of nitrogens with zero attached hydrogens (tertiary/aromatic N) is 4. The van der Waals surface area contributed by atoms with Crippen molar-refractivity contribution in [1.29, 1.82) is 0 Å². The number of carbonyl (C=O) groups is 1. The third-order valence-corrected chi connectivity index (χ3v) is 3.02. The normalized spacial score (nSPS) is 11.9. The molecule has 1 aromatic rings. The molecule has 1 amide bonds. The third kappa shape index (κ3) is 3.78. The molecular weight excluding hydrogens is 232 g/mol. The lowest BCUT2D eigenvalue weighted by molar-refractivity contribution is 0.0914. The number of hydrogen-bond acceptors (Lipinski definition) is 5. The number of carbonyl (C=O) groups excluding carboxylic acids is 1. The molecule has 1 rings (SSSR count). The number of aromatic nitrogens is 3. The van der Waals surface area contributed by atoms with E-state index in [1.807, 2.05) is 14.1 Å². The van der Waals surface area contributed by atoms with Gasteiger partial charge in [0.25, 0.3) is 5.91 Å². The topological polar surface area (TPSA) is 89.1 Å². The minimum absolute atomic E-state index is 0.108. The molecular formula is C11H22N6O. The molecule has 0 fully saturated rings. The number of likely N-dealkylation sites (N-methyl/N-ethyl adjacent to an activating group) is 1. The Balaban J connectivity index is 2.55. The van der Waals surface area contributed by atoms with Crippen LogP contribution in [0.5, 0.6) is 0 Å². The zero-order valence-electron chi connectivity index (χ0n) is 11.5. The van der Waals surface area contributed by atoms with Crippen molar-refractivity contribution in [2.45, 2.75) is 25.9 Å². The van der Waals surface area contributed by atoms with Gasteiger partial charge in [0.2, 0.25) is 0 Å². The summed E-state index contributed by atoms with van der Waals surface area (Å²) >= 11 is 0. The molecule has 18 heavy (non-hydrogen) atoms. The minimum Gasteiger partial charge on any atom is -0.349 e. The Labute approximate surface area is 107 Å². The van der Waals surface area contributed by atoms with Crippen LogP contribution in [0.4, 0.5) is 0 Å². The summed E-state index contributed by atoms with van der Waals surface area (Å²) in [6.45, 7) is 5.68. The fourth-order valence-electron chi connectivity index (χ4n) is 1.19. The Morgan fingerprint density at radius 2 is 2.22 bits per heavy atom. The molecule has 7 nitrogen and oxygen atoms in total. The van der Waals surface area contributed by atoms with Gasteiger partial charge in [0.15, 0.2) is 5.69 Å². The van der Waals surface area contributed by atoms with E-state index in [0.717, 1.165) is 0 Å². The van der Waals surface area contributed by atoms with Crippen molar-refractivity contribution >= 4 is 5.91 Å². The minimum atomic E-state index is -0.215. The predicted octanol–water partition coefficient (Wildman–Crippen LogP) is -0.693. The van der Waals surface area contributed by atoms with Crippen LogP contribution in [-0.2, 0) is 6.54 Å². The lowest BCUT2D eigenvalue weighted by Crippen LogP contribution is -2.48. The lowest BCUT2D eigenvalue weighted by atomic mass is 10.0. The van der Waals surface area contributed by atoms with E-state index in [1.165, 1.54) is 0 Å². The molecule has 0 atom stereocenters. The second-order valence-electron chi connectivity index (χ2n) is 5.05. The molecule has 0 spiro atoms. The molecule has 0 saturated heterocycles. The average molecular weight is 254 g/mol. The zero-order valence-corrected chi connectivity index (χ0v) is 11.5. The fourth-order valence-corrected chi connectivity index (χ4v) is 1.19. The van der Waals surface area contributed by atoms with Gasteiger partial charge in [0.05, 0.1) is 12.7 Å². The quantitative estimate of drug-likeness (QED) is 0.701. The largest absolute Gasteiger partial charge is 0.349 e. The van der Waals surface area contributed by atoms with Gasteiger partial charge in [-0.3, -0.25) is 9.48 Å². The van der Waals surface area contributed by atoms with E-state index in [0.29, 0.717) is 25.3 Å². The summed E-state index contributed by atoms with van der Waals surface area (Å²) in [4.78, 5) is 13.9. The van der Waals surface area contributed by atoms with Crippen molar-refractivity contribution < 1.29 is 4.79 Å². The number of hydrogen-bond donors (Lipinski definition) is 2. The van der Waals surface area contributed by atoms with Gasteiger partial charge in [0, 0.05) is 18.6 Å². The Hall–Kier alpha value is -1.47. The van der Waals surface area contributed by atoms with Crippen LogP contribution in [0, 0.1) is 0 Å². The summed E-state index contributed by atoms with van der Waals surface area (Å²) < 4.78 is 1.56. The van der Waals surface area contributed by atoms with Crippen molar-refractivity contribution in [2.24, 2.45) is 5.73 Å². The highest BCUT2D eigenvalue weighted by atomic mass is 16.2. The zero-order chi connectivity index (χ0) is 13.8. The van der Waals surface area contributed by atoms with Gasteiger partial charge in [-0.25, -0.2) is 0 Å². The van der Waals surface area contributed by atoms with Crippen LogP contribution in [-0.4, -0.2) is 58.5 Å². The highest BCUT2D eigenvalue weighted by Gasteiger charge is 2.22. The van der Waals surface area contributed by atoms with Crippen molar-refractivity contribution in [3.05, 3.63) is 11.9 Å². The number of nitrogens with one attached hydrogen (secondary N) is 1. The highest BCUT2D eigenvalue weighted by Crippen LogP contribution is 2.08. The van der Waals surface area contributed by atoms with Gasteiger partial charge in [0.1, 0.15) is 0 Å². The Morgan fingerprint density at radius 1 is 1.56 bits per heavy atom. The van der Waals surface area contributed by atoms with Crippen molar-refractivity contribution in [2.75, 3.05) is 27.2 Å². The van der Waals surface area contributed by atoms with Gasteiger partial charge in [-0.15, -0.1) is 5.10 Å². The van der Waals surface area contributed by atoms with Gasteiger partial charge >= 0.3 is 0 Å². The summed E-state index contributed by atoms with van der Waals surface area (Å²) in [5, 5.41) is 10.5. The van der Waals surface area contributed by atoms with E-state index in [9.17, 15) is 4.79 Å². The van der Waals surface area contributed by atoms with Crippen LogP contribution in [0.3, 0.4) is 0 Å². The van der Waals surface area contributed by atoms with E-state index in [1.54, 1.807) is 10.9 Å². The fraction of sp³-hybridized carbons (Fsp3) is 0.727. The van der Waals surface area contributed by atoms with E-state index >= 15 is 0 Å². The molecule has 102 valence electrons. The number of amides is 1. The number of nitrogens with two attached hydrogens (primary N) is 1. The smallest absolute Gasteiger partial charge is 0.273 e. The van der Waals surface area contributed by atoms with Crippen LogP contribution < -0.4 is 11.1 Å². The average Bonchev–Trinajstić information content (AvgIpc) is 2.75. The van der Waals surface area contributed by atoms with E-state index in [4.69, 9.17) is 5.73 Å². The summed E-state index contributed by atoms with van der Waals surface area (Å²) in [5.41, 5.74) is 5.61. The molecule has 0 radical (unpaired) electrons. The van der Waals surface area contributed by atoms with Crippen LogP contribution in [0.1, 0.15) is 24.3 Å². The number of rotatable bonds is 6. The molecule has 1 heterocycles. The monoisotopic (exact) mass is 254 g/mol. The Bertz CT molecular complexity index is 398. The molecule has 0 aliphatic heterocycles. The predicted molar refractivity (Wildman–Crippen MR) is 69.2 cm³/mol. The van der Waals surface area contributed by atoms with Gasteiger partial charge in [-0.05, 0) is 27.9 Å². The summed E-state index contributed by atoms with van der Waals surface area (Å²) in [7, 11) is 3.95. The molecule has 3 N–H and O–H groups in total. The molecule has 0 bridgehead atoms. The maximum Gasteiger partial charge on any atom is 0.273 e. The lowest BCUT2D eigenvalue weighted by Gasteiger charge is -2.32. The van der Waals surface area contributed by atoms with E-state index < -0.39 is 0 Å². The van der Waals surface area contributed by atoms with Gasteiger partial charge in [-0.2, -0.15) is 0 Å². The standard InChI is InChI=1S/C11H22N6O/c1-11(2,16(3)4)8-13-10(18)9-7-17(6-5-12)15-14-9/h7H,5-6,8,12H2,1-4H3,(H,13,18).